The summed E-state index contributed by atoms with van der Waals surface area (Å²) in [5.41, 5.74) is -0.889. The van der Waals surface area contributed by atoms with Crippen molar-refractivity contribution in [1.29, 1.82) is 0 Å². The number of rotatable bonds is 2. The molecular weight excluding hydrogens is 240 g/mol. The van der Waals surface area contributed by atoms with Crippen molar-refractivity contribution < 1.29 is 9.59 Å². The van der Waals surface area contributed by atoms with Gasteiger partial charge >= 0.3 is 0 Å². The average Bonchev–Trinajstić information content (AvgIpc) is 2.79. The van der Waals surface area contributed by atoms with Crippen LogP contribution in [0.25, 0.3) is 0 Å². The summed E-state index contributed by atoms with van der Waals surface area (Å²) in [5.74, 6) is 0.0558. The number of amides is 2. The van der Waals surface area contributed by atoms with Gasteiger partial charge in [0.05, 0.1) is 0 Å². The number of nitrogens with one attached hydrogen (secondary N) is 1. The third-order valence-corrected chi connectivity index (χ3v) is 4.34. The molecule has 4 heteroatoms. The largest absolute Gasteiger partial charge is 0.342 e. The highest BCUT2D eigenvalue weighted by atomic mass is 16.2. The van der Waals surface area contributed by atoms with Crippen LogP contribution in [0.2, 0.25) is 0 Å². The zero-order valence-electron chi connectivity index (χ0n) is 12.2. The molecule has 1 saturated heterocycles. The number of nitrogens with zero attached hydrogens (tertiary/aromatic N) is 1. The third-order valence-electron chi connectivity index (χ3n) is 4.34. The highest BCUT2D eigenvalue weighted by Crippen LogP contribution is 2.40. The van der Waals surface area contributed by atoms with Crippen molar-refractivity contribution in [1.82, 2.24) is 10.2 Å². The zero-order chi connectivity index (χ0) is 14.3. The van der Waals surface area contributed by atoms with Crippen LogP contribution in [0.3, 0.4) is 0 Å². The van der Waals surface area contributed by atoms with Gasteiger partial charge in [0.25, 0.3) is 0 Å². The highest BCUT2D eigenvalue weighted by molar-refractivity contribution is 6.00. The van der Waals surface area contributed by atoms with Crippen LogP contribution in [0, 0.1) is 5.41 Å². The van der Waals surface area contributed by atoms with Crippen molar-refractivity contribution in [2.45, 2.75) is 58.0 Å². The lowest BCUT2D eigenvalue weighted by molar-refractivity contribution is -0.159. The second-order valence-corrected chi connectivity index (χ2v) is 6.75. The van der Waals surface area contributed by atoms with Crippen LogP contribution in [0.1, 0.15) is 46.5 Å². The van der Waals surface area contributed by atoms with Crippen LogP contribution in [0.15, 0.2) is 12.7 Å². The first-order valence-electron chi connectivity index (χ1n) is 7.06. The number of hydrogen-bond donors (Lipinski definition) is 1. The highest BCUT2D eigenvalue weighted by Gasteiger charge is 2.55. The normalized spacial score (nSPS) is 26.7. The molecule has 1 aliphatic carbocycles. The molecule has 2 fully saturated rings. The fourth-order valence-corrected chi connectivity index (χ4v) is 3.25. The topological polar surface area (TPSA) is 49.4 Å². The molecular formula is C15H24N2O2. The number of hydrogen-bond acceptors (Lipinski definition) is 2. The van der Waals surface area contributed by atoms with Gasteiger partial charge in [0.15, 0.2) is 0 Å². The predicted octanol–water partition coefficient (Wildman–Crippen LogP) is 1.86. The molecule has 1 saturated carbocycles. The third kappa shape index (κ3) is 2.17. The van der Waals surface area contributed by atoms with Gasteiger partial charge in [0, 0.05) is 6.54 Å². The molecule has 2 aliphatic rings. The van der Waals surface area contributed by atoms with E-state index in [1.807, 2.05) is 20.8 Å². The van der Waals surface area contributed by atoms with E-state index in [1.54, 1.807) is 11.0 Å². The fraction of sp³-hybridized carbons (Fsp3) is 0.733. The van der Waals surface area contributed by atoms with Gasteiger partial charge in [-0.25, -0.2) is 0 Å². The Morgan fingerprint density at radius 2 is 1.95 bits per heavy atom. The van der Waals surface area contributed by atoms with Crippen molar-refractivity contribution in [3.8, 4) is 0 Å². The Morgan fingerprint density at radius 1 is 1.37 bits per heavy atom. The molecule has 1 unspecified atom stereocenters. The molecule has 1 heterocycles. The molecule has 2 rings (SSSR count). The van der Waals surface area contributed by atoms with Crippen LogP contribution >= 0.6 is 0 Å². The Kier molecular flexibility index (Phi) is 3.45. The van der Waals surface area contributed by atoms with Gasteiger partial charge in [-0.1, -0.05) is 39.7 Å². The first kappa shape index (κ1) is 14.1. The van der Waals surface area contributed by atoms with Crippen molar-refractivity contribution in [3.05, 3.63) is 12.7 Å². The minimum Gasteiger partial charge on any atom is -0.342 e. The van der Waals surface area contributed by atoms with E-state index in [0.717, 1.165) is 25.7 Å². The molecule has 0 bridgehead atoms. The molecule has 0 aromatic carbocycles. The molecule has 1 aliphatic heterocycles. The van der Waals surface area contributed by atoms with E-state index in [9.17, 15) is 9.59 Å². The van der Waals surface area contributed by atoms with Crippen molar-refractivity contribution in [2.24, 2.45) is 5.41 Å². The van der Waals surface area contributed by atoms with E-state index in [4.69, 9.17) is 0 Å². The van der Waals surface area contributed by atoms with E-state index >= 15 is 0 Å². The SMILES string of the molecule is C=CCN1C(=O)C(C(C)(C)C)NC(=O)C12CCCC2. The number of carbonyl (C=O) groups excluding carboxylic acids is 2. The molecule has 1 spiro atoms. The minimum atomic E-state index is -0.618. The van der Waals surface area contributed by atoms with Crippen LogP contribution in [-0.4, -0.2) is 34.8 Å². The molecule has 4 nitrogen and oxygen atoms in total. The molecule has 19 heavy (non-hydrogen) atoms. The van der Waals surface area contributed by atoms with E-state index < -0.39 is 11.6 Å². The fourth-order valence-electron chi connectivity index (χ4n) is 3.25. The zero-order valence-corrected chi connectivity index (χ0v) is 12.2. The van der Waals surface area contributed by atoms with Crippen LogP contribution in [0.5, 0.6) is 0 Å². The second kappa shape index (κ2) is 4.66. The lowest BCUT2D eigenvalue weighted by Gasteiger charge is -2.48. The van der Waals surface area contributed by atoms with Gasteiger partial charge in [-0.3, -0.25) is 9.59 Å². The van der Waals surface area contributed by atoms with E-state index in [0.29, 0.717) is 6.54 Å². The lowest BCUT2D eigenvalue weighted by atomic mass is 9.80. The Labute approximate surface area is 115 Å². The van der Waals surface area contributed by atoms with Crippen molar-refractivity contribution >= 4 is 11.8 Å². The van der Waals surface area contributed by atoms with Gasteiger partial charge in [-0.2, -0.15) is 0 Å². The maximum Gasteiger partial charge on any atom is 0.246 e. The Hall–Kier alpha value is -1.32. The smallest absolute Gasteiger partial charge is 0.246 e. The Balaban J connectivity index is 2.37. The van der Waals surface area contributed by atoms with Gasteiger partial charge in [0.2, 0.25) is 11.8 Å². The van der Waals surface area contributed by atoms with Crippen LogP contribution in [-0.2, 0) is 9.59 Å². The Morgan fingerprint density at radius 3 is 2.42 bits per heavy atom. The first-order valence-corrected chi connectivity index (χ1v) is 7.06. The average molecular weight is 264 g/mol. The lowest BCUT2D eigenvalue weighted by Crippen LogP contribution is -2.71. The summed E-state index contributed by atoms with van der Waals surface area (Å²) in [6, 6.07) is -0.439. The van der Waals surface area contributed by atoms with Gasteiger partial charge in [-0.05, 0) is 18.3 Å². The predicted molar refractivity (Wildman–Crippen MR) is 74.5 cm³/mol. The molecule has 0 aromatic heterocycles. The summed E-state index contributed by atoms with van der Waals surface area (Å²) < 4.78 is 0. The minimum absolute atomic E-state index is 0.0198. The van der Waals surface area contributed by atoms with Crippen LogP contribution < -0.4 is 5.32 Å². The maximum atomic E-state index is 12.7. The van der Waals surface area contributed by atoms with E-state index in [2.05, 4.69) is 11.9 Å². The number of piperazine rings is 1. The molecule has 0 aromatic rings. The summed E-state index contributed by atoms with van der Waals surface area (Å²) in [6.45, 7) is 10.1. The van der Waals surface area contributed by atoms with Crippen LogP contribution in [0.4, 0.5) is 0 Å². The van der Waals surface area contributed by atoms with E-state index in [1.165, 1.54) is 0 Å². The summed E-state index contributed by atoms with van der Waals surface area (Å²) in [4.78, 5) is 27.1. The van der Waals surface area contributed by atoms with Gasteiger partial charge in [-0.15, -0.1) is 6.58 Å². The molecule has 1 N–H and O–H groups in total. The standard InChI is InChI=1S/C15H24N2O2/c1-5-10-17-12(18)11(14(2,3)4)16-13(19)15(17)8-6-7-9-15/h5,11H,1,6-10H2,2-4H3,(H,16,19). The summed E-state index contributed by atoms with van der Waals surface area (Å²) in [7, 11) is 0. The summed E-state index contributed by atoms with van der Waals surface area (Å²) >= 11 is 0. The Bertz CT molecular complexity index is 403. The van der Waals surface area contributed by atoms with Crippen molar-refractivity contribution in [3.63, 3.8) is 0 Å². The monoisotopic (exact) mass is 264 g/mol. The first-order chi connectivity index (χ1) is 8.83. The molecule has 106 valence electrons. The van der Waals surface area contributed by atoms with E-state index in [-0.39, 0.29) is 17.2 Å². The van der Waals surface area contributed by atoms with Gasteiger partial charge < -0.3 is 10.2 Å². The maximum absolute atomic E-state index is 12.7. The molecule has 2 amide bonds. The van der Waals surface area contributed by atoms with Gasteiger partial charge in [0.1, 0.15) is 11.6 Å². The van der Waals surface area contributed by atoms with Crippen molar-refractivity contribution in [2.75, 3.05) is 6.54 Å². The quantitative estimate of drug-likeness (QED) is 0.774. The number of carbonyl (C=O) groups is 2. The summed E-state index contributed by atoms with van der Waals surface area (Å²) in [5, 5.41) is 2.96. The summed E-state index contributed by atoms with van der Waals surface area (Å²) in [6.07, 6.45) is 5.28. The molecule has 1 atom stereocenters. The second-order valence-electron chi connectivity index (χ2n) is 6.75. The molecule has 0 radical (unpaired) electrons.